The maximum atomic E-state index is 12.2. The van der Waals surface area contributed by atoms with E-state index in [1.807, 2.05) is 30.3 Å². The summed E-state index contributed by atoms with van der Waals surface area (Å²) < 4.78 is 5.70. The highest BCUT2D eigenvalue weighted by atomic mass is 16.5. The van der Waals surface area contributed by atoms with Gasteiger partial charge in [0, 0.05) is 6.54 Å². The van der Waals surface area contributed by atoms with Gasteiger partial charge < -0.3 is 10.1 Å². The number of ether oxygens (including phenoxy) is 1. The first-order valence-corrected chi connectivity index (χ1v) is 9.27. The van der Waals surface area contributed by atoms with Gasteiger partial charge in [0.25, 0.3) is 5.91 Å². The van der Waals surface area contributed by atoms with E-state index < -0.39 is 0 Å². The Morgan fingerprint density at radius 3 is 2.65 bits per heavy atom. The van der Waals surface area contributed by atoms with E-state index in [4.69, 9.17) is 4.74 Å². The quantitative estimate of drug-likeness (QED) is 0.744. The fourth-order valence-corrected chi connectivity index (χ4v) is 3.64. The molecule has 0 heterocycles. The molecular formula is C23H23NO2. The first kappa shape index (κ1) is 16.6. The summed E-state index contributed by atoms with van der Waals surface area (Å²) >= 11 is 0. The molecule has 1 aliphatic rings. The van der Waals surface area contributed by atoms with E-state index >= 15 is 0 Å². The molecule has 4 rings (SSSR count). The molecule has 26 heavy (non-hydrogen) atoms. The van der Waals surface area contributed by atoms with E-state index in [1.165, 1.54) is 34.7 Å². The number of amides is 1. The molecule has 132 valence electrons. The summed E-state index contributed by atoms with van der Waals surface area (Å²) in [5.74, 6) is 0.682. The van der Waals surface area contributed by atoms with Crippen LogP contribution in [0, 0.1) is 0 Å². The molecule has 0 saturated carbocycles. The van der Waals surface area contributed by atoms with Gasteiger partial charge in [0.2, 0.25) is 0 Å². The van der Waals surface area contributed by atoms with Crippen molar-refractivity contribution in [1.82, 2.24) is 5.32 Å². The number of rotatable bonds is 5. The van der Waals surface area contributed by atoms with Gasteiger partial charge in [0.1, 0.15) is 5.75 Å². The molecule has 0 aromatic heterocycles. The van der Waals surface area contributed by atoms with Crippen molar-refractivity contribution in [3.05, 3.63) is 77.4 Å². The first-order chi connectivity index (χ1) is 12.8. The van der Waals surface area contributed by atoms with Crippen LogP contribution in [0.5, 0.6) is 5.75 Å². The van der Waals surface area contributed by atoms with E-state index in [1.54, 1.807) is 0 Å². The normalized spacial score (nSPS) is 13.2. The third kappa shape index (κ3) is 3.72. The number of fused-ring (bicyclic) bond motifs is 2. The first-order valence-electron chi connectivity index (χ1n) is 9.27. The molecule has 3 nitrogen and oxygen atoms in total. The summed E-state index contributed by atoms with van der Waals surface area (Å²) in [6, 6.07) is 20.6. The molecule has 0 unspecified atom stereocenters. The second kappa shape index (κ2) is 7.61. The Hall–Kier alpha value is -2.81. The number of nitrogens with one attached hydrogen (secondary N) is 1. The van der Waals surface area contributed by atoms with Gasteiger partial charge in [0.05, 0.1) is 0 Å². The third-order valence-electron chi connectivity index (χ3n) is 5.05. The van der Waals surface area contributed by atoms with Gasteiger partial charge in [-0.3, -0.25) is 4.79 Å². The van der Waals surface area contributed by atoms with Gasteiger partial charge in [-0.25, -0.2) is 0 Å². The maximum Gasteiger partial charge on any atom is 0.258 e. The summed E-state index contributed by atoms with van der Waals surface area (Å²) in [6.45, 7) is 0.553. The van der Waals surface area contributed by atoms with Crippen LogP contribution in [0.4, 0.5) is 0 Å². The summed E-state index contributed by atoms with van der Waals surface area (Å²) in [4.78, 5) is 12.2. The molecule has 1 aliphatic carbocycles. The van der Waals surface area contributed by atoms with Crippen molar-refractivity contribution >= 4 is 16.7 Å². The van der Waals surface area contributed by atoms with Crippen LogP contribution in [0.1, 0.15) is 29.5 Å². The number of benzene rings is 3. The predicted octanol–water partition coefficient (Wildman–Crippen LogP) is 4.41. The number of hydrogen-bond donors (Lipinski definition) is 1. The summed E-state index contributed by atoms with van der Waals surface area (Å²) in [6.07, 6.45) is 4.77. The Balaban J connectivity index is 1.34. The molecule has 3 aromatic rings. The van der Waals surface area contributed by atoms with Gasteiger partial charge >= 0.3 is 0 Å². The second-order valence-electron chi connectivity index (χ2n) is 6.84. The molecule has 3 aromatic carbocycles. The summed E-state index contributed by atoms with van der Waals surface area (Å²) in [7, 11) is 0. The van der Waals surface area contributed by atoms with Crippen LogP contribution in [0.25, 0.3) is 10.8 Å². The van der Waals surface area contributed by atoms with Gasteiger partial charge in [-0.1, -0.05) is 48.5 Å². The Labute approximate surface area is 154 Å². The van der Waals surface area contributed by atoms with Crippen molar-refractivity contribution < 1.29 is 9.53 Å². The smallest absolute Gasteiger partial charge is 0.258 e. The Morgan fingerprint density at radius 2 is 1.73 bits per heavy atom. The third-order valence-corrected chi connectivity index (χ3v) is 5.05. The number of aryl methyl sites for hydroxylation is 2. The van der Waals surface area contributed by atoms with E-state index in [9.17, 15) is 4.79 Å². The molecule has 1 amide bonds. The van der Waals surface area contributed by atoms with Crippen LogP contribution in [-0.2, 0) is 24.2 Å². The molecule has 0 aliphatic heterocycles. The summed E-state index contributed by atoms with van der Waals surface area (Å²) in [5, 5.41) is 5.32. The standard InChI is InChI=1S/C23H23NO2/c25-23(16-26-21-13-12-17-6-1-2-8-19(17)14-21)24-15-20-10-5-9-18-7-3-4-11-22(18)20/h3-5,7,9-14H,1-2,6,8,15-16H2,(H,24,25). The van der Waals surface area contributed by atoms with Crippen LogP contribution < -0.4 is 10.1 Å². The van der Waals surface area contributed by atoms with E-state index in [0.717, 1.165) is 24.2 Å². The Kier molecular flexibility index (Phi) is 4.87. The highest BCUT2D eigenvalue weighted by molar-refractivity contribution is 5.86. The lowest BCUT2D eigenvalue weighted by molar-refractivity contribution is -0.123. The van der Waals surface area contributed by atoms with Gasteiger partial charge in [-0.05, 0) is 65.3 Å². The fourth-order valence-electron chi connectivity index (χ4n) is 3.64. The van der Waals surface area contributed by atoms with Crippen LogP contribution in [0.15, 0.2) is 60.7 Å². The lowest BCUT2D eigenvalue weighted by atomic mass is 9.92. The van der Waals surface area contributed by atoms with Gasteiger partial charge in [0.15, 0.2) is 6.61 Å². The Bertz CT molecular complexity index is 927. The maximum absolute atomic E-state index is 12.2. The van der Waals surface area contributed by atoms with Crippen molar-refractivity contribution in [2.24, 2.45) is 0 Å². The minimum absolute atomic E-state index is 0.0452. The molecule has 3 heteroatoms. The van der Waals surface area contributed by atoms with Crippen molar-refractivity contribution in [1.29, 1.82) is 0 Å². The Morgan fingerprint density at radius 1 is 0.923 bits per heavy atom. The topological polar surface area (TPSA) is 38.3 Å². The SMILES string of the molecule is O=C(COc1ccc2c(c1)CCCC2)NCc1cccc2ccccc12. The van der Waals surface area contributed by atoms with Crippen LogP contribution >= 0.6 is 0 Å². The minimum atomic E-state index is -0.101. The van der Waals surface area contributed by atoms with Crippen molar-refractivity contribution in [3.8, 4) is 5.75 Å². The van der Waals surface area contributed by atoms with Crippen molar-refractivity contribution in [2.75, 3.05) is 6.61 Å². The summed E-state index contributed by atoms with van der Waals surface area (Å²) in [5.41, 5.74) is 3.90. The largest absolute Gasteiger partial charge is 0.484 e. The molecule has 0 saturated heterocycles. The zero-order valence-corrected chi connectivity index (χ0v) is 14.8. The number of carbonyl (C=O) groups is 1. The monoisotopic (exact) mass is 345 g/mol. The van der Waals surface area contributed by atoms with E-state index in [2.05, 4.69) is 35.6 Å². The molecule has 0 atom stereocenters. The zero-order chi connectivity index (χ0) is 17.8. The van der Waals surface area contributed by atoms with E-state index in [0.29, 0.717) is 6.54 Å². The lowest BCUT2D eigenvalue weighted by Crippen LogP contribution is -2.28. The highest BCUT2D eigenvalue weighted by Crippen LogP contribution is 2.25. The number of hydrogen-bond acceptors (Lipinski definition) is 2. The van der Waals surface area contributed by atoms with Crippen molar-refractivity contribution in [3.63, 3.8) is 0 Å². The molecule has 0 bridgehead atoms. The second-order valence-corrected chi connectivity index (χ2v) is 6.84. The average molecular weight is 345 g/mol. The lowest BCUT2D eigenvalue weighted by Gasteiger charge is -2.16. The van der Waals surface area contributed by atoms with Crippen LogP contribution in [-0.4, -0.2) is 12.5 Å². The zero-order valence-electron chi connectivity index (χ0n) is 14.8. The van der Waals surface area contributed by atoms with Crippen LogP contribution in [0.2, 0.25) is 0 Å². The minimum Gasteiger partial charge on any atom is -0.484 e. The molecular weight excluding hydrogens is 322 g/mol. The fraction of sp³-hybridized carbons (Fsp3) is 0.261. The molecule has 0 radical (unpaired) electrons. The predicted molar refractivity (Wildman–Crippen MR) is 104 cm³/mol. The molecule has 0 spiro atoms. The van der Waals surface area contributed by atoms with E-state index in [-0.39, 0.29) is 12.5 Å². The molecule has 0 fully saturated rings. The number of carbonyl (C=O) groups excluding carboxylic acids is 1. The molecule has 1 N–H and O–H groups in total. The average Bonchev–Trinajstić information content (AvgIpc) is 2.70. The van der Waals surface area contributed by atoms with Crippen LogP contribution in [0.3, 0.4) is 0 Å². The van der Waals surface area contributed by atoms with Gasteiger partial charge in [-0.2, -0.15) is 0 Å². The van der Waals surface area contributed by atoms with Crippen molar-refractivity contribution in [2.45, 2.75) is 32.2 Å². The highest BCUT2D eigenvalue weighted by Gasteiger charge is 2.11. The van der Waals surface area contributed by atoms with Gasteiger partial charge in [-0.15, -0.1) is 0 Å².